The first-order valence-corrected chi connectivity index (χ1v) is 6.56. The molecule has 0 aromatic heterocycles. The van der Waals surface area contributed by atoms with Crippen LogP contribution < -0.4 is 0 Å². The van der Waals surface area contributed by atoms with Crippen LogP contribution in [0.3, 0.4) is 0 Å². The Kier molecular flexibility index (Phi) is 3.33. The van der Waals surface area contributed by atoms with Gasteiger partial charge in [0.15, 0.2) is 6.04 Å². The van der Waals surface area contributed by atoms with Crippen LogP contribution in [0, 0.1) is 5.92 Å². The molecule has 98 valence electrons. The van der Waals surface area contributed by atoms with E-state index in [2.05, 4.69) is 0 Å². The number of amides is 1. The van der Waals surface area contributed by atoms with Crippen molar-refractivity contribution in [2.24, 2.45) is 5.92 Å². The molecule has 2 fully saturated rings. The second kappa shape index (κ2) is 4.51. The molecule has 1 amide bonds. The Labute approximate surface area is 113 Å². The highest BCUT2D eigenvalue weighted by atomic mass is 32.2. The Hall–Kier alpha value is -1.15. The van der Waals surface area contributed by atoms with Gasteiger partial charge in [0.2, 0.25) is 5.91 Å². The number of aliphatic carboxylic acids is 1. The summed E-state index contributed by atoms with van der Waals surface area (Å²) in [6.45, 7) is 2.89. The van der Waals surface area contributed by atoms with Crippen LogP contribution in [0.2, 0.25) is 0 Å². The molecule has 0 radical (unpaired) electrons. The Balaban J connectivity index is 2.13. The van der Waals surface area contributed by atoms with Crippen molar-refractivity contribution in [3.05, 3.63) is 0 Å². The first kappa shape index (κ1) is 13.3. The van der Waals surface area contributed by atoms with Gasteiger partial charge in [-0.3, -0.25) is 9.59 Å². The molecule has 3 unspecified atom stereocenters. The van der Waals surface area contributed by atoms with Crippen LogP contribution in [0.4, 0.5) is 0 Å². The van der Waals surface area contributed by atoms with Crippen molar-refractivity contribution in [3.63, 3.8) is 0 Å². The fourth-order valence-corrected chi connectivity index (χ4v) is 4.11. The minimum atomic E-state index is -1.12. The van der Waals surface area contributed by atoms with Crippen molar-refractivity contribution in [3.8, 4) is 0 Å². The molecule has 0 aromatic rings. The largest absolute Gasteiger partial charge is 0.479 e. The smallest absolute Gasteiger partial charge is 0.332 e. The van der Waals surface area contributed by atoms with Gasteiger partial charge in [-0.05, 0) is 6.92 Å². The van der Waals surface area contributed by atoms with E-state index in [1.165, 1.54) is 23.6 Å². The summed E-state index contributed by atoms with van der Waals surface area (Å²) in [4.78, 5) is 35.1. The van der Waals surface area contributed by atoms with Gasteiger partial charge in [0, 0.05) is 6.92 Å². The zero-order valence-electron chi connectivity index (χ0n) is 9.65. The molecular formula is C10H11NO5S2. The standard InChI is InChI=1S/C10H11NO5S2/c1-3(16-4(2)12)5-7(13)11-6(9(14)15)10(17)18-8(5)11/h3,5-6,8H,1-2H3,(H,14,15)/t3?,5?,6?,8-/m1/s1. The summed E-state index contributed by atoms with van der Waals surface area (Å²) in [6.07, 6.45) is -0.570. The highest BCUT2D eigenvalue weighted by Crippen LogP contribution is 2.46. The number of esters is 1. The van der Waals surface area contributed by atoms with E-state index in [9.17, 15) is 14.4 Å². The fourth-order valence-electron chi connectivity index (χ4n) is 2.20. The van der Waals surface area contributed by atoms with E-state index in [1.54, 1.807) is 6.92 Å². The summed E-state index contributed by atoms with van der Waals surface area (Å²) in [7, 11) is 0. The van der Waals surface area contributed by atoms with Crippen LogP contribution in [0.1, 0.15) is 13.8 Å². The predicted molar refractivity (Wildman–Crippen MR) is 67.0 cm³/mol. The average Bonchev–Trinajstić information content (AvgIpc) is 2.50. The number of carbonyl (C=O) groups is 3. The maximum absolute atomic E-state index is 11.9. The van der Waals surface area contributed by atoms with Gasteiger partial charge in [-0.25, -0.2) is 4.79 Å². The molecule has 18 heavy (non-hydrogen) atoms. The molecule has 8 heteroatoms. The topological polar surface area (TPSA) is 83.9 Å². The SMILES string of the molecule is CC(=O)OC(C)C1C(=O)N2C(C(=O)O)C(=S)S[C@H]12. The van der Waals surface area contributed by atoms with Crippen molar-refractivity contribution < 1.29 is 24.2 Å². The molecule has 2 aliphatic rings. The summed E-state index contributed by atoms with van der Waals surface area (Å²) in [5, 5.41) is 8.68. The maximum atomic E-state index is 11.9. The van der Waals surface area contributed by atoms with E-state index < -0.39 is 30.0 Å². The molecule has 2 rings (SSSR count). The molecule has 0 aromatic carbocycles. The molecule has 1 N–H and O–H groups in total. The Morgan fingerprint density at radius 3 is 2.67 bits per heavy atom. The lowest BCUT2D eigenvalue weighted by Gasteiger charge is -2.44. The van der Waals surface area contributed by atoms with Gasteiger partial charge in [-0.15, -0.1) is 0 Å². The number of thiocarbonyl (C=S) groups is 1. The van der Waals surface area contributed by atoms with Gasteiger partial charge < -0.3 is 14.7 Å². The normalized spacial score (nSPS) is 31.7. The van der Waals surface area contributed by atoms with Crippen molar-refractivity contribution in [1.29, 1.82) is 0 Å². The van der Waals surface area contributed by atoms with Crippen molar-refractivity contribution in [2.45, 2.75) is 31.4 Å². The minimum absolute atomic E-state index is 0.276. The molecule has 0 aliphatic carbocycles. The first-order valence-electron chi connectivity index (χ1n) is 5.27. The maximum Gasteiger partial charge on any atom is 0.332 e. The quantitative estimate of drug-likeness (QED) is 0.453. The van der Waals surface area contributed by atoms with Crippen molar-refractivity contribution >= 4 is 46.0 Å². The van der Waals surface area contributed by atoms with Crippen LogP contribution in [0.25, 0.3) is 0 Å². The number of fused-ring (bicyclic) bond motifs is 1. The number of nitrogens with zero attached hydrogens (tertiary/aromatic N) is 1. The number of carboxylic acids is 1. The molecular weight excluding hydrogens is 278 g/mol. The Bertz CT molecular complexity index is 452. The van der Waals surface area contributed by atoms with E-state index in [-0.39, 0.29) is 15.5 Å². The van der Waals surface area contributed by atoms with Gasteiger partial charge in [0.25, 0.3) is 0 Å². The highest BCUT2D eigenvalue weighted by molar-refractivity contribution is 8.24. The van der Waals surface area contributed by atoms with Gasteiger partial charge in [0.05, 0.1) is 9.57 Å². The number of thioether (sulfide) groups is 1. The number of ether oxygens (including phenoxy) is 1. The summed E-state index contributed by atoms with van der Waals surface area (Å²) in [6, 6.07) is -1.04. The Morgan fingerprint density at radius 1 is 1.56 bits per heavy atom. The van der Waals surface area contributed by atoms with Crippen molar-refractivity contribution in [1.82, 2.24) is 4.90 Å². The Morgan fingerprint density at radius 2 is 2.17 bits per heavy atom. The van der Waals surface area contributed by atoms with E-state index >= 15 is 0 Å². The van der Waals surface area contributed by atoms with Crippen LogP contribution in [-0.4, -0.2) is 49.6 Å². The van der Waals surface area contributed by atoms with E-state index in [1.807, 2.05) is 0 Å². The molecule has 0 bridgehead atoms. The predicted octanol–water partition coefficient (Wildman–Crippen LogP) is 0.250. The average molecular weight is 289 g/mol. The minimum Gasteiger partial charge on any atom is -0.479 e. The second-order valence-corrected chi connectivity index (χ2v) is 6.01. The van der Waals surface area contributed by atoms with Gasteiger partial charge in [-0.1, -0.05) is 24.0 Å². The number of carboxylic acid groups (broad SMARTS) is 1. The monoisotopic (exact) mass is 289 g/mol. The molecule has 0 spiro atoms. The van der Waals surface area contributed by atoms with Gasteiger partial charge in [0.1, 0.15) is 12.0 Å². The van der Waals surface area contributed by atoms with E-state index in [4.69, 9.17) is 22.1 Å². The fraction of sp³-hybridized carbons (Fsp3) is 0.600. The lowest BCUT2D eigenvalue weighted by Crippen LogP contribution is -2.64. The summed E-state index contributed by atoms with van der Waals surface area (Å²) >= 11 is 6.16. The molecule has 4 atom stereocenters. The highest BCUT2D eigenvalue weighted by Gasteiger charge is 2.61. The van der Waals surface area contributed by atoms with Crippen LogP contribution in [0.15, 0.2) is 0 Å². The molecule has 2 aliphatic heterocycles. The summed E-state index contributed by atoms with van der Waals surface area (Å²) < 4.78 is 5.25. The third-order valence-corrected chi connectivity index (χ3v) is 4.68. The molecule has 2 heterocycles. The van der Waals surface area contributed by atoms with Crippen LogP contribution >= 0.6 is 24.0 Å². The zero-order valence-corrected chi connectivity index (χ0v) is 11.3. The number of rotatable bonds is 3. The number of hydrogen-bond acceptors (Lipinski definition) is 6. The van der Waals surface area contributed by atoms with E-state index in [0.29, 0.717) is 0 Å². The summed E-state index contributed by atoms with van der Waals surface area (Å²) in [5.41, 5.74) is 0. The van der Waals surface area contributed by atoms with Crippen molar-refractivity contribution in [2.75, 3.05) is 0 Å². The summed E-state index contributed by atoms with van der Waals surface area (Å²) in [5.74, 6) is -2.43. The molecule has 0 saturated carbocycles. The third-order valence-electron chi connectivity index (χ3n) is 2.95. The number of hydrogen-bond donors (Lipinski definition) is 1. The lowest BCUT2D eigenvalue weighted by atomic mass is 9.91. The van der Waals surface area contributed by atoms with E-state index in [0.717, 1.165) is 0 Å². The van der Waals surface area contributed by atoms with Gasteiger partial charge in [-0.2, -0.15) is 0 Å². The van der Waals surface area contributed by atoms with Crippen LogP contribution in [-0.2, 0) is 19.1 Å². The zero-order chi connectivity index (χ0) is 13.6. The third kappa shape index (κ3) is 1.89. The van der Waals surface area contributed by atoms with Gasteiger partial charge >= 0.3 is 11.9 Å². The number of β-lactam (4-membered cyclic amide) rings is 1. The number of carbonyl (C=O) groups excluding carboxylic acids is 2. The first-order chi connectivity index (χ1) is 8.34. The lowest BCUT2D eigenvalue weighted by molar-refractivity contribution is -0.171. The second-order valence-electron chi connectivity index (χ2n) is 4.15. The molecule has 6 nitrogen and oxygen atoms in total. The van der Waals surface area contributed by atoms with Crippen LogP contribution in [0.5, 0.6) is 0 Å². The molecule has 2 saturated heterocycles.